The molecule has 0 bridgehead atoms. The number of rotatable bonds is 9. The number of alkyl halides is 3. The molecular weight excluding hydrogens is 491 g/mol. The normalized spacial score (nSPS) is 12.3. The molecule has 1 amide bonds. The maximum Gasteiger partial charge on any atom is 0.416 e. The highest BCUT2D eigenvalue weighted by molar-refractivity contribution is 7.99. The molecule has 0 fully saturated rings. The van der Waals surface area contributed by atoms with Crippen molar-refractivity contribution in [3.05, 3.63) is 54.1 Å². The quantitative estimate of drug-likeness (QED) is 0.438. The second-order valence-corrected chi connectivity index (χ2v) is 9.94. The number of halogens is 3. The molecule has 3 rings (SSSR count). The van der Waals surface area contributed by atoms with Gasteiger partial charge in [-0.2, -0.15) is 17.5 Å². The van der Waals surface area contributed by atoms with Crippen LogP contribution in [0.15, 0.2) is 58.6 Å². The minimum Gasteiger partial charge on any atom is -0.369 e. The van der Waals surface area contributed by atoms with Crippen LogP contribution in [0.3, 0.4) is 0 Å². The number of carbonyl (C=O) groups is 1. The molecule has 0 saturated heterocycles. The first kappa shape index (κ1) is 25.7. The Morgan fingerprint density at radius 3 is 2.38 bits per heavy atom. The number of hydrogen-bond donors (Lipinski definition) is 1. The zero-order valence-corrected chi connectivity index (χ0v) is 19.9. The fraction of sp³-hybridized carbons (Fsp3) is 0.286. The van der Waals surface area contributed by atoms with Crippen LogP contribution in [-0.4, -0.2) is 52.2 Å². The molecule has 13 heteroatoms. The van der Waals surface area contributed by atoms with Crippen molar-refractivity contribution in [1.29, 1.82) is 0 Å². The van der Waals surface area contributed by atoms with Crippen LogP contribution in [0.25, 0.3) is 17.1 Å². The van der Waals surface area contributed by atoms with E-state index in [0.29, 0.717) is 5.56 Å². The van der Waals surface area contributed by atoms with Gasteiger partial charge in [0.25, 0.3) is 0 Å². The van der Waals surface area contributed by atoms with E-state index in [1.165, 1.54) is 39.2 Å². The number of nitrogens with zero attached hydrogens (tertiary/aromatic N) is 4. The Balaban J connectivity index is 2.18. The summed E-state index contributed by atoms with van der Waals surface area (Å²) in [5.41, 5.74) is 4.75. The van der Waals surface area contributed by atoms with E-state index in [0.717, 1.165) is 23.9 Å². The van der Waals surface area contributed by atoms with E-state index >= 15 is 0 Å². The first-order valence-electron chi connectivity index (χ1n) is 10.1. The molecule has 0 aliphatic heterocycles. The average Bonchev–Trinajstić information content (AvgIpc) is 3.22. The number of hydrogen-bond acceptors (Lipinski definition) is 6. The highest BCUT2D eigenvalue weighted by Gasteiger charge is 2.31. The van der Waals surface area contributed by atoms with E-state index in [9.17, 15) is 26.4 Å². The number of thioether (sulfide) groups is 1. The smallest absolute Gasteiger partial charge is 0.369 e. The number of nitrogens with two attached hydrogens (primary N) is 1. The summed E-state index contributed by atoms with van der Waals surface area (Å²) >= 11 is 0.908. The Labute approximate surface area is 199 Å². The number of carbonyl (C=O) groups excluding carboxylic acids is 1. The molecule has 0 unspecified atom stereocenters. The summed E-state index contributed by atoms with van der Waals surface area (Å²) in [6, 6.07) is 10.5. The van der Waals surface area contributed by atoms with Gasteiger partial charge in [-0.3, -0.25) is 9.36 Å². The third kappa shape index (κ3) is 5.42. The van der Waals surface area contributed by atoms with E-state index in [2.05, 4.69) is 10.2 Å². The molecular formula is C21H22F3N5O3S2. The van der Waals surface area contributed by atoms with Crippen LogP contribution in [0.5, 0.6) is 0 Å². The fourth-order valence-electron chi connectivity index (χ4n) is 3.25. The standard InChI is InChI=1S/C21H22F3N5O3S2/c1-3-28(4-2)34(31,32)17-10-5-7-14(11-17)19-26-27-20(33-13-18(25)30)29(19)16-9-6-8-15(12-16)21(22,23)24/h5-12H,3-4,13H2,1-2H3,(H2,25,30). The maximum atomic E-state index is 13.3. The van der Waals surface area contributed by atoms with Gasteiger partial charge in [0.15, 0.2) is 11.0 Å². The molecule has 0 spiro atoms. The number of sulfonamides is 1. The van der Waals surface area contributed by atoms with E-state index in [1.54, 1.807) is 19.9 Å². The van der Waals surface area contributed by atoms with Gasteiger partial charge in [-0.1, -0.05) is 43.8 Å². The van der Waals surface area contributed by atoms with Gasteiger partial charge in [-0.15, -0.1) is 10.2 Å². The Kier molecular flexibility index (Phi) is 7.68. The Bertz CT molecular complexity index is 1290. The first-order valence-corrected chi connectivity index (χ1v) is 12.6. The highest BCUT2D eigenvalue weighted by atomic mass is 32.2. The van der Waals surface area contributed by atoms with E-state index in [1.807, 2.05) is 0 Å². The minimum atomic E-state index is -4.58. The summed E-state index contributed by atoms with van der Waals surface area (Å²) in [4.78, 5) is 11.3. The summed E-state index contributed by atoms with van der Waals surface area (Å²) < 4.78 is 68.6. The summed E-state index contributed by atoms with van der Waals surface area (Å²) in [7, 11) is -3.79. The molecule has 1 aromatic heterocycles. The van der Waals surface area contributed by atoms with Gasteiger partial charge in [0.05, 0.1) is 21.9 Å². The van der Waals surface area contributed by atoms with Crippen LogP contribution in [0.1, 0.15) is 19.4 Å². The lowest BCUT2D eigenvalue weighted by Gasteiger charge is -2.19. The van der Waals surface area contributed by atoms with E-state index < -0.39 is 27.7 Å². The molecule has 3 aromatic rings. The van der Waals surface area contributed by atoms with Crippen molar-refractivity contribution in [2.45, 2.75) is 30.1 Å². The Morgan fingerprint density at radius 2 is 1.76 bits per heavy atom. The van der Waals surface area contributed by atoms with Crippen molar-refractivity contribution in [3.63, 3.8) is 0 Å². The molecule has 8 nitrogen and oxygen atoms in total. The van der Waals surface area contributed by atoms with E-state index in [4.69, 9.17) is 5.73 Å². The predicted molar refractivity (Wildman–Crippen MR) is 122 cm³/mol. The lowest BCUT2D eigenvalue weighted by Crippen LogP contribution is -2.30. The zero-order valence-electron chi connectivity index (χ0n) is 18.3. The average molecular weight is 514 g/mol. The van der Waals surface area contributed by atoms with Crippen LogP contribution in [-0.2, 0) is 21.0 Å². The van der Waals surface area contributed by atoms with Crippen LogP contribution < -0.4 is 5.73 Å². The maximum absolute atomic E-state index is 13.3. The first-order chi connectivity index (χ1) is 16.0. The van der Waals surface area contributed by atoms with Crippen LogP contribution >= 0.6 is 11.8 Å². The molecule has 34 heavy (non-hydrogen) atoms. The fourth-order valence-corrected chi connectivity index (χ4v) is 5.44. The van der Waals surface area contributed by atoms with Crippen LogP contribution in [0.4, 0.5) is 13.2 Å². The number of benzene rings is 2. The van der Waals surface area contributed by atoms with Crippen molar-refractivity contribution in [1.82, 2.24) is 19.1 Å². The Hall–Kier alpha value is -2.90. The third-order valence-corrected chi connectivity index (χ3v) is 7.84. The highest BCUT2D eigenvalue weighted by Crippen LogP contribution is 2.34. The molecule has 0 radical (unpaired) electrons. The molecule has 0 aliphatic rings. The number of primary amides is 1. The van der Waals surface area contributed by atoms with Gasteiger partial charge < -0.3 is 5.73 Å². The zero-order chi connectivity index (χ0) is 25.1. The lowest BCUT2D eigenvalue weighted by molar-refractivity contribution is -0.137. The largest absolute Gasteiger partial charge is 0.416 e. The molecule has 0 saturated carbocycles. The summed E-state index contributed by atoms with van der Waals surface area (Å²) in [5, 5.41) is 8.24. The molecule has 182 valence electrons. The van der Waals surface area contributed by atoms with Crippen molar-refractivity contribution < 1.29 is 26.4 Å². The second-order valence-electron chi connectivity index (χ2n) is 7.06. The van der Waals surface area contributed by atoms with Crippen LogP contribution in [0.2, 0.25) is 0 Å². The Morgan fingerprint density at radius 1 is 1.09 bits per heavy atom. The third-order valence-electron chi connectivity index (χ3n) is 4.84. The van der Waals surface area contributed by atoms with Gasteiger partial charge in [-0.05, 0) is 30.3 Å². The van der Waals surface area contributed by atoms with Gasteiger partial charge in [0, 0.05) is 18.7 Å². The van der Waals surface area contributed by atoms with Gasteiger partial charge >= 0.3 is 6.18 Å². The number of amides is 1. The monoisotopic (exact) mass is 513 g/mol. The summed E-state index contributed by atoms with van der Waals surface area (Å²) in [6.45, 7) is 3.99. The molecule has 0 atom stereocenters. The van der Waals surface area contributed by atoms with Gasteiger partial charge in [0.1, 0.15) is 0 Å². The predicted octanol–water partition coefficient (Wildman–Crippen LogP) is 3.56. The SMILES string of the molecule is CCN(CC)S(=O)(=O)c1cccc(-c2nnc(SCC(N)=O)n2-c2cccc(C(F)(F)F)c2)c1. The van der Waals surface area contributed by atoms with Crippen molar-refractivity contribution in [2.75, 3.05) is 18.8 Å². The molecule has 0 aliphatic carbocycles. The van der Waals surface area contributed by atoms with Gasteiger partial charge in [0.2, 0.25) is 15.9 Å². The summed E-state index contributed by atoms with van der Waals surface area (Å²) in [5.74, 6) is -0.701. The van der Waals surface area contributed by atoms with Crippen LogP contribution in [0, 0.1) is 0 Å². The molecule has 1 heterocycles. The van der Waals surface area contributed by atoms with Crippen molar-refractivity contribution in [3.8, 4) is 17.1 Å². The van der Waals surface area contributed by atoms with Crippen molar-refractivity contribution in [2.24, 2.45) is 5.73 Å². The lowest BCUT2D eigenvalue weighted by atomic mass is 10.1. The van der Waals surface area contributed by atoms with Gasteiger partial charge in [-0.25, -0.2) is 8.42 Å². The number of aromatic nitrogens is 3. The summed E-state index contributed by atoms with van der Waals surface area (Å²) in [6.07, 6.45) is -4.58. The van der Waals surface area contributed by atoms with E-state index in [-0.39, 0.29) is 40.4 Å². The topological polar surface area (TPSA) is 111 Å². The molecule has 2 N–H and O–H groups in total. The molecule has 2 aromatic carbocycles. The second kappa shape index (κ2) is 10.2. The van der Waals surface area contributed by atoms with Crippen molar-refractivity contribution >= 4 is 27.7 Å². The minimum absolute atomic E-state index is 0.0126.